The number of nitrogens with two attached hydrogens (primary N) is 1. The van der Waals surface area contributed by atoms with Crippen molar-refractivity contribution in [1.82, 2.24) is 24.5 Å². The van der Waals surface area contributed by atoms with Gasteiger partial charge in [0.05, 0.1) is 26.0 Å². The maximum Gasteiger partial charge on any atom is 0.264 e. The number of nitrogens with zero attached hydrogens (tertiary/aromatic N) is 6. The van der Waals surface area contributed by atoms with E-state index in [1.165, 1.54) is 24.9 Å². The third kappa shape index (κ3) is 5.87. The molecule has 0 atom stereocenters. The Hall–Kier alpha value is -4.80. The van der Waals surface area contributed by atoms with Crippen molar-refractivity contribution in [2.75, 3.05) is 14.2 Å². The predicted molar refractivity (Wildman–Crippen MR) is 147 cm³/mol. The number of ether oxygens (including phenoxy) is 2. The van der Waals surface area contributed by atoms with Gasteiger partial charge in [0.1, 0.15) is 5.82 Å². The summed E-state index contributed by atoms with van der Waals surface area (Å²) < 4.78 is 11.9. The fraction of sp³-hybridized carbons (Fsp3) is 0.286. The van der Waals surface area contributed by atoms with E-state index >= 15 is 0 Å². The number of aromatic nitrogens is 5. The van der Waals surface area contributed by atoms with Crippen molar-refractivity contribution >= 4 is 5.84 Å². The Morgan fingerprint density at radius 1 is 1.08 bits per heavy atom. The third-order valence-electron chi connectivity index (χ3n) is 6.29. The predicted octanol–water partition coefficient (Wildman–Crippen LogP) is 3.44. The van der Waals surface area contributed by atoms with Gasteiger partial charge in [0.25, 0.3) is 5.56 Å². The SMILES string of the molecule is CCCCc1nc(C)n(-c2nc(OC)cc(OC)n2)c(=O)c1Cc1ccc(-c2ccccc2/C(N)=N\O)cn1. The lowest BCUT2D eigenvalue weighted by Crippen LogP contribution is -2.30. The molecule has 4 rings (SSSR count). The quantitative estimate of drug-likeness (QED) is 0.136. The number of unbranched alkanes of at least 4 members (excludes halogenated alkanes) is 1. The van der Waals surface area contributed by atoms with Crippen molar-refractivity contribution < 1.29 is 14.7 Å². The second kappa shape index (κ2) is 12.2. The highest BCUT2D eigenvalue weighted by Gasteiger charge is 2.20. The Morgan fingerprint density at radius 2 is 1.79 bits per heavy atom. The molecule has 39 heavy (non-hydrogen) atoms. The fourth-order valence-electron chi connectivity index (χ4n) is 4.27. The molecule has 3 heterocycles. The van der Waals surface area contributed by atoms with Crippen molar-refractivity contribution in [2.45, 2.75) is 39.5 Å². The van der Waals surface area contributed by atoms with Crippen molar-refractivity contribution in [3.8, 4) is 28.8 Å². The summed E-state index contributed by atoms with van der Waals surface area (Å²) in [6.07, 6.45) is 4.50. The summed E-state index contributed by atoms with van der Waals surface area (Å²) in [4.78, 5) is 32.0. The Kier molecular flexibility index (Phi) is 8.50. The van der Waals surface area contributed by atoms with E-state index in [1.54, 1.807) is 19.2 Å². The van der Waals surface area contributed by atoms with Gasteiger partial charge in [0.2, 0.25) is 17.7 Å². The van der Waals surface area contributed by atoms with Crippen LogP contribution in [0.25, 0.3) is 17.1 Å². The summed E-state index contributed by atoms with van der Waals surface area (Å²) in [7, 11) is 2.97. The lowest BCUT2D eigenvalue weighted by molar-refractivity contribution is 0.318. The summed E-state index contributed by atoms with van der Waals surface area (Å²) in [6, 6.07) is 12.6. The molecule has 0 saturated heterocycles. The molecule has 4 aromatic rings. The van der Waals surface area contributed by atoms with E-state index in [1.807, 2.05) is 30.3 Å². The zero-order valence-corrected chi connectivity index (χ0v) is 22.4. The first-order valence-corrected chi connectivity index (χ1v) is 12.5. The third-order valence-corrected chi connectivity index (χ3v) is 6.29. The highest BCUT2D eigenvalue weighted by Crippen LogP contribution is 2.24. The lowest BCUT2D eigenvalue weighted by atomic mass is 9.99. The zero-order valence-electron chi connectivity index (χ0n) is 22.4. The van der Waals surface area contributed by atoms with Crippen molar-refractivity contribution in [3.63, 3.8) is 0 Å². The van der Waals surface area contributed by atoms with Crippen LogP contribution in [0, 0.1) is 6.92 Å². The van der Waals surface area contributed by atoms with E-state index in [2.05, 4.69) is 27.0 Å². The van der Waals surface area contributed by atoms with Crippen LogP contribution in [0.15, 0.2) is 58.6 Å². The van der Waals surface area contributed by atoms with E-state index in [0.29, 0.717) is 29.1 Å². The molecule has 0 aliphatic heterocycles. The van der Waals surface area contributed by atoms with Gasteiger partial charge in [-0.1, -0.05) is 48.8 Å². The van der Waals surface area contributed by atoms with Crippen LogP contribution in [0.3, 0.4) is 0 Å². The number of methoxy groups -OCH3 is 2. The van der Waals surface area contributed by atoms with E-state index in [-0.39, 0.29) is 35.5 Å². The van der Waals surface area contributed by atoms with Crippen LogP contribution < -0.4 is 20.8 Å². The molecule has 0 bridgehead atoms. The Balaban J connectivity index is 1.77. The average Bonchev–Trinajstić information content (AvgIpc) is 2.97. The average molecular weight is 530 g/mol. The summed E-state index contributed by atoms with van der Waals surface area (Å²) >= 11 is 0. The summed E-state index contributed by atoms with van der Waals surface area (Å²) in [6.45, 7) is 3.85. The van der Waals surface area contributed by atoms with E-state index in [0.717, 1.165) is 29.7 Å². The summed E-state index contributed by atoms with van der Waals surface area (Å²) in [5.41, 5.74) is 9.70. The van der Waals surface area contributed by atoms with E-state index in [9.17, 15) is 4.79 Å². The Labute approximate surface area is 226 Å². The normalized spacial score (nSPS) is 11.4. The number of hydrogen-bond acceptors (Lipinski definition) is 9. The maximum atomic E-state index is 13.9. The van der Waals surface area contributed by atoms with Gasteiger partial charge in [-0.05, 0) is 31.4 Å². The number of benzene rings is 1. The highest BCUT2D eigenvalue weighted by molar-refractivity contribution is 6.03. The number of rotatable bonds is 10. The second-order valence-corrected chi connectivity index (χ2v) is 8.83. The monoisotopic (exact) mass is 529 g/mol. The molecule has 0 fully saturated rings. The van der Waals surface area contributed by atoms with Gasteiger partial charge in [-0.2, -0.15) is 9.97 Å². The standard InChI is InChI=1S/C28H31N7O4/c1-5-6-11-23-22(27(36)35(17(2)31-23)28-32-24(38-3)15-25(33-28)39-4)14-19-13-12-18(16-30-19)20-9-7-8-10-21(20)26(29)34-37/h7-10,12-13,15-16,37H,5-6,11,14H2,1-4H3,(H2,29,34). The van der Waals surface area contributed by atoms with Gasteiger partial charge in [0.15, 0.2) is 5.84 Å². The summed E-state index contributed by atoms with van der Waals surface area (Å²) in [5, 5.41) is 12.3. The van der Waals surface area contributed by atoms with Gasteiger partial charge in [-0.3, -0.25) is 9.78 Å². The molecule has 0 amide bonds. The van der Waals surface area contributed by atoms with Crippen LogP contribution >= 0.6 is 0 Å². The lowest BCUT2D eigenvalue weighted by Gasteiger charge is -2.15. The first-order valence-electron chi connectivity index (χ1n) is 12.5. The number of aryl methyl sites for hydroxylation is 2. The fourth-order valence-corrected chi connectivity index (χ4v) is 4.27. The van der Waals surface area contributed by atoms with Crippen LogP contribution in [-0.2, 0) is 12.8 Å². The minimum Gasteiger partial charge on any atom is -0.481 e. The molecular formula is C28H31N7O4. The molecule has 11 heteroatoms. The van der Waals surface area contributed by atoms with Crippen LogP contribution in [0.1, 0.15) is 48.1 Å². The molecule has 0 unspecified atom stereocenters. The molecule has 0 aliphatic carbocycles. The zero-order chi connectivity index (χ0) is 27.9. The minimum absolute atomic E-state index is 0.0120. The number of amidine groups is 1. The van der Waals surface area contributed by atoms with Crippen molar-refractivity contribution in [1.29, 1.82) is 0 Å². The van der Waals surface area contributed by atoms with Crippen LogP contribution in [0.4, 0.5) is 0 Å². The molecular weight excluding hydrogens is 498 g/mol. The Bertz CT molecular complexity index is 1530. The smallest absolute Gasteiger partial charge is 0.264 e. The second-order valence-electron chi connectivity index (χ2n) is 8.83. The van der Waals surface area contributed by atoms with Crippen LogP contribution in [-0.4, -0.2) is 49.8 Å². The van der Waals surface area contributed by atoms with Gasteiger partial charge in [-0.25, -0.2) is 9.55 Å². The first-order chi connectivity index (χ1) is 18.9. The molecule has 0 aliphatic rings. The molecule has 3 N–H and O–H groups in total. The molecule has 0 saturated carbocycles. The molecule has 0 spiro atoms. The molecule has 11 nitrogen and oxygen atoms in total. The van der Waals surface area contributed by atoms with Crippen molar-refractivity contribution in [2.24, 2.45) is 10.9 Å². The van der Waals surface area contributed by atoms with E-state index in [4.69, 9.17) is 25.4 Å². The number of pyridine rings is 1. The molecule has 1 aromatic carbocycles. The van der Waals surface area contributed by atoms with Crippen LogP contribution in [0.2, 0.25) is 0 Å². The summed E-state index contributed by atoms with van der Waals surface area (Å²) in [5.74, 6) is 1.13. The first kappa shape index (κ1) is 27.2. The van der Waals surface area contributed by atoms with E-state index < -0.39 is 0 Å². The molecule has 202 valence electrons. The van der Waals surface area contributed by atoms with Gasteiger partial charge >= 0.3 is 0 Å². The largest absolute Gasteiger partial charge is 0.481 e. The van der Waals surface area contributed by atoms with Crippen LogP contribution in [0.5, 0.6) is 11.8 Å². The van der Waals surface area contributed by atoms with Gasteiger partial charge < -0.3 is 20.4 Å². The number of oxime groups is 1. The molecule has 3 aromatic heterocycles. The maximum absolute atomic E-state index is 13.9. The number of hydrogen-bond donors (Lipinski definition) is 2. The minimum atomic E-state index is -0.271. The van der Waals surface area contributed by atoms with Crippen molar-refractivity contribution in [3.05, 3.63) is 87.4 Å². The van der Waals surface area contributed by atoms with Gasteiger partial charge in [0, 0.05) is 35.0 Å². The van der Waals surface area contributed by atoms with Gasteiger partial charge in [-0.15, -0.1) is 0 Å². The topological polar surface area (TPSA) is 151 Å². The highest BCUT2D eigenvalue weighted by atomic mass is 16.5. The Morgan fingerprint density at radius 3 is 2.41 bits per heavy atom. The molecule has 0 radical (unpaired) electrons.